The van der Waals surface area contributed by atoms with E-state index in [1.165, 1.54) is 16.9 Å². The smallest absolute Gasteiger partial charge is 0.256 e. The molecule has 192 valence electrons. The lowest BCUT2D eigenvalue weighted by Crippen LogP contribution is -2.36. The summed E-state index contributed by atoms with van der Waals surface area (Å²) >= 11 is 1.39. The number of carbonyl (C=O) groups is 2. The summed E-state index contributed by atoms with van der Waals surface area (Å²) in [5, 5.41) is 10.1. The van der Waals surface area contributed by atoms with Gasteiger partial charge in [-0.05, 0) is 56.0 Å². The van der Waals surface area contributed by atoms with Crippen molar-refractivity contribution in [1.82, 2.24) is 9.80 Å². The molecule has 6 nitrogen and oxygen atoms in total. The Morgan fingerprint density at radius 1 is 1.03 bits per heavy atom. The zero-order valence-corrected chi connectivity index (χ0v) is 23.0. The monoisotopic (exact) mass is 506 g/mol. The number of rotatable bonds is 7. The number of hydrogen-bond donors (Lipinski definition) is 1. The van der Waals surface area contributed by atoms with Crippen molar-refractivity contribution in [3.05, 3.63) is 56.8 Å². The number of thiophene rings is 1. The van der Waals surface area contributed by atoms with Crippen LogP contribution in [0.1, 0.15) is 72.3 Å². The molecule has 1 aromatic heterocycles. The Morgan fingerprint density at radius 3 is 2.17 bits per heavy atom. The van der Waals surface area contributed by atoms with Crippen molar-refractivity contribution in [2.75, 3.05) is 32.7 Å². The van der Waals surface area contributed by atoms with Crippen molar-refractivity contribution in [3.63, 3.8) is 0 Å². The maximum Gasteiger partial charge on any atom is 0.256 e. The molecule has 0 bridgehead atoms. The third kappa shape index (κ3) is 5.07. The van der Waals surface area contributed by atoms with E-state index in [0.29, 0.717) is 27.8 Å². The van der Waals surface area contributed by atoms with Gasteiger partial charge >= 0.3 is 0 Å². The molecule has 2 aliphatic heterocycles. The number of fused-ring (bicyclic) bond motifs is 1. The first kappa shape index (κ1) is 26.4. The second kappa shape index (κ2) is 9.99. The molecule has 3 heterocycles. The van der Waals surface area contributed by atoms with E-state index in [4.69, 9.17) is 5.73 Å². The van der Waals surface area contributed by atoms with Crippen LogP contribution in [0.3, 0.4) is 0 Å². The van der Waals surface area contributed by atoms with Gasteiger partial charge in [0.15, 0.2) is 0 Å². The van der Waals surface area contributed by atoms with E-state index >= 15 is 0 Å². The summed E-state index contributed by atoms with van der Waals surface area (Å²) in [6.07, 6.45) is 2.23. The van der Waals surface area contributed by atoms with Crippen LogP contribution in [0.15, 0.2) is 30.3 Å². The Bertz CT molecular complexity index is 1160. The van der Waals surface area contributed by atoms with Gasteiger partial charge in [0.25, 0.3) is 5.91 Å². The molecule has 0 saturated carbocycles. The highest BCUT2D eigenvalue weighted by molar-refractivity contribution is 7.13. The van der Waals surface area contributed by atoms with Gasteiger partial charge in [0.1, 0.15) is 6.07 Å². The van der Waals surface area contributed by atoms with Gasteiger partial charge in [-0.25, -0.2) is 0 Å². The van der Waals surface area contributed by atoms with Crippen molar-refractivity contribution < 1.29 is 9.59 Å². The van der Waals surface area contributed by atoms with Gasteiger partial charge in [0, 0.05) is 35.9 Å². The second-order valence-corrected chi connectivity index (χ2v) is 13.0. The van der Waals surface area contributed by atoms with Crippen LogP contribution >= 0.6 is 11.3 Å². The van der Waals surface area contributed by atoms with E-state index in [1.807, 2.05) is 25.7 Å². The number of aryl methyl sites for hydroxylation is 1. The number of nitrogens with zero attached hydrogens (tertiary/aromatic N) is 3. The van der Waals surface area contributed by atoms with Crippen LogP contribution < -0.4 is 5.73 Å². The van der Waals surface area contributed by atoms with Crippen LogP contribution in [0.5, 0.6) is 0 Å². The minimum absolute atomic E-state index is 0.0794. The van der Waals surface area contributed by atoms with Crippen LogP contribution in [0.25, 0.3) is 0 Å². The molecular formula is C29H38N4O2S. The maximum absolute atomic E-state index is 13.9. The van der Waals surface area contributed by atoms with E-state index in [2.05, 4.69) is 41.3 Å². The average Bonchev–Trinajstić information content (AvgIpc) is 3.50. The average molecular weight is 507 g/mol. The molecular weight excluding hydrogens is 468 g/mol. The van der Waals surface area contributed by atoms with Crippen molar-refractivity contribution in [2.24, 2.45) is 17.6 Å². The predicted molar refractivity (Wildman–Crippen MR) is 144 cm³/mol. The number of nitriles is 1. The molecule has 1 unspecified atom stereocenters. The van der Waals surface area contributed by atoms with Crippen LogP contribution in [0.4, 0.5) is 0 Å². The summed E-state index contributed by atoms with van der Waals surface area (Å²) in [5.74, 6) is 0.357. The Labute approximate surface area is 219 Å². The molecule has 2 fully saturated rings. The molecule has 1 aromatic carbocycles. The van der Waals surface area contributed by atoms with Gasteiger partial charge in [-0.3, -0.25) is 9.59 Å². The minimum Gasteiger partial charge on any atom is -0.369 e. The number of primary amides is 1. The fourth-order valence-electron chi connectivity index (χ4n) is 5.57. The third-order valence-corrected chi connectivity index (χ3v) is 9.67. The predicted octanol–water partition coefficient (Wildman–Crippen LogP) is 4.32. The van der Waals surface area contributed by atoms with Gasteiger partial charge in [0.2, 0.25) is 5.91 Å². The van der Waals surface area contributed by atoms with Crippen LogP contribution in [-0.2, 0) is 22.0 Å². The van der Waals surface area contributed by atoms with Gasteiger partial charge in [-0.1, -0.05) is 51.1 Å². The molecule has 2 aromatic rings. The first-order chi connectivity index (χ1) is 16.9. The van der Waals surface area contributed by atoms with E-state index < -0.39 is 11.3 Å². The maximum atomic E-state index is 13.9. The van der Waals surface area contributed by atoms with Gasteiger partial charge in [0.05, 0.1) is 16.5 Å². The molecule has 2 amide bonds. The molecule has 2 saturated heterocycles. The number of carbonyl (C=O) groups excluding carboxylic acids is 2. The fourth-order valence-corrected chi connectivity index (χ4v) is 6.98. The Balaban J connectivity index is 1.47. The van der Waals surface area contributed by atoms with Crippen molar-refractivity contribution in [3.8, 4) is 6.07 Å². The Kier molecular flexibility index (Phi) is 7.32. The van der Waals surface area contributed by atoms with Gasteiger partial charge in [-0.2, -0.15) is 5.26 Å². The number of hydrogen-bond acceptors (Lipinski definition) is 5. The zero-order chi connectivity index (χ0) is 26.3. The summed E-state index contributed by atoms with van der Waals surface area (Å²) < 4.78 is 0. The van der Waals surface area contributed by atoms with Crippen molar-refractivity contribution >= 4 is 23.2 Å². The van der Waals surface area contributed by atoms with Crippen LogP contribution in [0, 0.1) is 23.2 Å². The summed E-state index contributed by atoms with van der Waals surface area (Å²) in [4.78, 5) is 32.1. The van der Waals surface area contributed by atoms with E-state index in [9.17, 15) is 14.9 Å². The number of amides is 2. The first-order valence-corrected chi connectivity index (χ1v) is 13.7. The minimum atomic E-state index is -1.02. The van der Waals surface area contributed by atoms with Crippen LogP contribution in [-0.4, -0.2) is 54.3 Å². The normalized spacial score (nSPS) is 20.4. The Hall–Kier alpha value is -2.69. The van der Waals surface area contributed by atoms with Crippen LogP contribution in [0.2, 0.25) is 0 Å². The van der Waals surface area contributed by atoms with Gasteiger partial charge in [-0.15, -0.1) is 11.3 Å². The zero-order valence-electron chi connectivity index (χ0n) is 22.1. The Morgan fingerprint density at radius 2 is 1.64 bits per heavy atom. The molecule has 36 heavy (non-hydrogen) atoms. The van der Waals surface area contributed by atoms with E-state index in [1.54, 1.807) is 13.8 Å². The topological polar surface area (TPSA) is 90.4 Å². The SMILES string of the molecule is CC(C)(C)c1sc(C(C)(C)C(N)=O)c(C#N)c1C(=O)N1CC2CN(CCCc3ccccc3)C[C@H]2C1. The van der Waals surface area contributed by atoms with E-state index in [0.717, 1.165) is 50.4 Å². The molecule has 7 heteroatoms. The summed E-state index contributed by atoms with van der Waals surface area (Å²) in [5.41, 5.74) is 6.51. The lowest BCUT2D eigenvalue weighted by molar-refractivity contribution is -0.122. The summed E-state index contributed by atoms with van der Waals surface area (Å²) in [6, 6.07) is 12.9. The summed E-state index contributed by atoms with van der Waals surface area (Å²) in [7, 11) is 0. The standard InChI is InChI=1S/C29H38N4O2S/c1-28(2,3)25-23(22(14-30)24(36-25)29(4,5)27(31)35)26(34)33-17-20-15-32(16-21(20)18-33)13-9-12-19-10-7-6-8-11-19/h6-8,10-11,20-21H,9,12-13,15-18H2,1-5H3,(H2,31,35)/t20-,21?/m0/s1. The van der Waals surface area contributed by atoms with Crippen molar-refractivity contribution in [2.45, 2.75) is 58.3 Å². The molecule has 0 spiro atoms. The highest BCUT2D eigenvalue weighted by Gasteiger charge is 2.44. The lowest BCUT2D eigenvalue weighted by Gasteiger charge is -2.24. The molecule has 0 aliphatic carbocycles. The first-order valence-electron chi connectivity index (χ1n) is 12.9. The third-order valence-electron chi connectivity index (χ3n) is 7.73. The number of likely N-dealkylation sites (tertiary alicyclic amines) is 2. The summed E-state index contributed by atoms with van der Waals surface area (Å²) in [6.45, 7) is 14.2. The molecule has 2 atom stereocenters. The lowest BCUT2D eigenvalue weighted by atomic mass is 9.85. The van der Waals surface area contributed by atoms with Crippen molar-refractivity contribution in [1.29, 1.82) is 5.26 Å². The van der Waals surface area contributed by atoms with Gasteiger partial charge < -0.3 is 15.5 Å². The highest BCUT2D eigenvalue weighted by Crippen LogP contribution is 2.43. The molecule has 0 radical (unpaired) electrons. The molecule has 4 rings (SSSR count). The molecule has 2 aliphatic rings. The second-order valence-electron chi connectivity index (χ2n) is 11.9. The van der Waals surface area contributed by atoms with E-state index in [-0.39, 0.29) is 11.3 Å². The highest BCUT2D eigenvalue weighted by atomic mass is 32.1. The quantitative estimate of drug-likeness (QED) is 0.606. The number of benzene rings is 1. The number of nitrogens with two attached hydrogens (primary N) is 1. The molecule has 2 N–H and O–H groups in total. The largest absolute Gasteiger partial charge is 0.369 e. The fraction of sp³-hybridized carbons (Fsp3) is 0.552.